The van der Waals surface area contributed by atoms with Crippen molar-refractivity contribution >= 4 is 34.4 Å². The molecule has 5 aliphatic rings. The maximum atomic E-state index is 13.3. The van der Waals surface area contributed by atoms with Crippen LogP contribution in [-0.4, -0.2) is 205 Å². The number of aliphatic hydroxyl groups is 8. The van der Waals surface area contributed by atoms with Crippen LogP contribution in [0.1, 0.15) is 79.5 Å². The summed E-state index contributed by atoms with van der Waals surface area (Å²) in [6.07, 6.45) is -18.0. The summed E-state index contributed by atoms with van der Waals surface area (Å²) in [5, 5.41) is 104. The predicted molar refractivity (Wildman–Crippen MR) is 274 cm³/mol. The van der Waals surface area contributed by atoms with Crippen LogP contribution in [-0.2, 0) is 33.2 Å². The molecule has 424 valence electrons. The van der Waals surface area contributed by atoms with E-state index in [1.807, 2.05) is 74.1 Å². The number of amides is 2. The molecule has 10 N–H and O–H groups in total. The first kappa shape index (κ1) is 59.4. The summed E-state index contributed by atoms with van der Waals surface area (Å²) < 4.78 is 43.5. The van der Waals surface area contributed by atoms with Crippen molar-refractivity contribution in [2.24, 2.45) is 0 Å². The predicted octanol–water partition coefficient (Wildman–Crippen LogP) is -1.24. The monoisotopic (exact) mass is 1080 g/mol. The van der Waals surface area contributed by atoms with Crippen LogP contribution in [0.2, 0.25) is 0 Å². The van der Waals surface area contributed by atoms with Crippen molar-refractivity contribution in [3.05, 3.63) is 71.1 Å². The van der Waals surface area contributed by atoms with Gasteiger partial charge in [0.15, 0.2) is 18.9 Å². The molecule has 77 heavy (non-hydrogen) atoms. The Balaban J connectivity index is 0.864. The number of benzene rings is 3. The Kier molecular flexibility index (Phi) is 20.6. The molecule has 3 fully saturated rings. The van der Waals surface area contributed by atoms with Gasteiger partial charge in [-0.2, -0.15) is 0 Å². The first-order valence-corrected chi connectivity index (χ1v) is 26.1. The zero-order valence-electron chi connectivity index (χ0n) is 44.1. The highest BCUT2D eigenvalue weighted by Gasteiger charge is 2.54. The van der Waals surface area contributed by atoms with Crippen molar-refractivity contribution in [2.45, 2.75) is 151 Å². The largest absolute Gasteiger partial charge is 0.545 e. The molecule has 4 heterocycles. The Hall–Kier alpha value is -5.22. The van der Waals surface area contributed by atoms with Gasteiger partial charge in [-0.15, -0.1) is 0 Å². The molecule has 0 saturated carbocycles. The SMILES string of the molecule is C[C@@H]1O[C@@H](O[C@H]2[C@H](OCCCCCCCCC(=O)NCCNC(=O)c3ccc(-c4c5ccc(=[N+](C)C)cc-5oc5cc(N(C)C)ccc45)c(C(=O)[O-])c3)O[C@H](CO)[C@H](O)[C@@H]2O[C@H]2O[C@H](C)[C@H](O)[C@H](O)[C@H]2O)[C@@H](O)[C@H](O)[C@@H]1O. The quantitative estimate of drug-likeness (QED) is 0.0250. The number of carboxylic acids is 1. The van der Waals surface area contributed by atoms with Gasteiger partial charge in [-0.25, -0.2) is 4.58 Å². The molecule has 23 nitrogen and oxygen atoms in total. The van der Waals surface area contributed by atoms with Gasteiger partial charge in [-0.3, -0.25) is 9.59 Å². The fourth-order valence-corrected chi connectivity index (χ4v) is 9.69. The Morgan fingerprint density at radius 1 is 0.675 bits per heavy atom. The van der Waals surface area contributed by atoms with E-state index in [9.17, 15) is 60.3 Å². The molecular weight excluding hydrogens is 1010 g/mol. The van der Waals surface area contributed by atoms with Crippen molar-refractivity contribution < 1.29 is 93.2 Å². The number of nitrogens with zero attached hydrogens (tertiary/aromatic N) is 2. The lowest BCUT2D eigenvalue weighted by molar-refractivity contribution is -0.389. The molecule has 2 amide bonds. The molecule has 4 aliphatic heterocycles. The number of carbonyl (C=O) groups excluding carboxylic acids is 3. The number of fused-ring (bicyclic) bond motifs is 2. The lowest BCUT2D eigenvalue weighted by Crippen LogP contribution is -2.66. The van der Waals surface area contributed by atoms with Gasteiger partial charge in [0.05, 0.1) is 30.9 Å². The Bertz CT molecular complexity index is 2680. The number of nitrogens with one attached hydrogen (secondary N) is 2. The summed E-state index contributed by atoms with van der Waals surface area (Å²) in [5.74, 6) is -1.63. The van der Waals surface area contributed by atoms with Gasteiger partial charge in [-0.1, -0.05) is 31.7 Å². The number of unbranched alkanes of at least 4 members (excludes halogenated alkanes) is 5. The average molecular weight is 1080 g/mol. The first-order chi connectivity index (χ1) is 36.7. The molecule has 0 aromatic heterocycles. The second kappa shape index (κ2) is 26.6. The van der Waals surface area contributed by atoms with Gasteiger partial charge >= 0.3 is 0 Å². The van der Waals surface area contributed by atoms with E-state index in [4.69, 9.17) is 32.8 Å². The fourth-order valence-electron chi connectivity index (χ4n) is 9.69. The Morgan fingerprint density at radius 2 is 1.29 bits per heavy atom. The van der Waals surface area contributed by atoms with Crippen LogP contribution in [0.15, 0.2) is 59.0 Å². The molecular formula is C54H74N4O19. The topological polar surface area (TPSA) is 335 Å². The summed E-state index contributed by atoms with van der Waals surface area (Å²) >= 11 is 0. The number of aliphatic hydroxyl groups excluding tert-OH is 8. The summed E-state index contributed by atoms with van der Waals surface area (Å²) in [5.41, 5.74) is 3.04. The van der Waals surface area contributed by atoms with Crippen molar-refractivity contribution in [2.75, 3.05) is 59.4 Å². The van der Waals surface area contributed by atoms with Crippen LogP contribution in [0.3, 0.4) is 0 Å². The minimum Gasteiger partial charge on any atom is -0.545 e. The molecule has 2 aromatic carbocycles. The molecule has 15 atom stereocenters. The van der Waals surface area contributed by atoms with E-state index in [1.54, 1.807) is 12.1 Å². The van der Waals surface area contributed by atoms with Gasteiger partial charge in [-0.05, 0) is 62.6 Å². The van der Waals surface area contributed by atoms with E-state index >= 15 is 0 Å². The number of rotatable bonds is 22. The third-order valence-electron chi connectivity index (χ3n) is 14.3. The second-order valence-corrected chi connectivity index (χ2v) is 20.3. The van der Waals surface area contributed by atoms with E-state index in [2.05, 4.69) is 10.6 Å². The number of ether oxygens (including phenoxy) is 6. The van der Waals surface area contributed by atoms with Gasteiger partial charge in [0.1, 0.15) is 86.5 Å². The zero-order valence-corrected chi connectivity index (χ0v) is 44.1. The molecule has 0 unspecified atom stereocenters. The van der Waals surface area contributed by atoms with Crippen LogP contribution in [0, 0.1) is 0 Å². The summed E-state index contributed by atoms with van der Waals surface area (Å²) in [6.45, 7) is 2.50. The Labute approximate surface area is 445 Å². The van der Waals surface area contributed by atoms with Crippen LogP contribution < -0.4 is 30.6 Å². The summed E-state index contributed by atoms with van der Waals surface area (Å²) in [6, 6.07) is 15.8. The zero-order chi connectivity index (χ0) is 55.8. The lowest BCUT2D eigenvalue weighted by atomic mass is 9.89. The highest BCUT2D eigenvalue weighted by Crippen LogP contribution is 2.42. The summed E-state index contributed by atoms with van der Waals surface area (Å²) in [4.78, 5) is 40.6. The Morgan fingerprint density at radius 3 is 1.91 bits per heavy atom. The number of anilines is 1. The van der Waals surface area contributed by atoms with Crippen LogP contribution >= 0.6 is 0 Å². The van der Waals surface area contributed by atoms with Gasteiger partial charge in [0.2, 0.25) is 11.3 Å². The van der Waals surface area contributed by atoms with E-state index in [0.29, 0.717) is 52.7 Å². The summed E-state index contributed by atoms with van der Waals surface area (Å²) in [7, 11) is 7.65. The number of hydrogen-bond donors (Lipinski definition) is 10. The van der Waals surface area contributed by atoms with Crippen molar-refractivity contribution in [3.63, 3.8) is 0 Å². The molecule has 1 aliphatic carbocycles. The van der Waals surface area contributed by atoms with Crippen LogP contribution in [0.25, 0.3) is 33.4 Å². The van der Waals surface area contributed by atoms with E-state index in [0.717, 1.165) is 30.3 Å². The minimum atomic E-state index is -1.78. The van der Waals surface area contributed by atoms with E-state index in [-0.39, 0.29) is 43.2 Å². The highest BCUT2D eigenvalue weighted by atomic mass is 16.8. The average Bonchev–Trinajstić information content (AvgIpc) is 3.41. The van der Waals surface area contributed by atoms with Crippen molar-refractivity contribution in [3.8, 4) is 22.5 Å². The van der Waals surface area contributed by atoms with Crippen LogP contribution in [0.4, 0.5) is 5.69 Å². The number of carboxylic acid groups (broad SMARTS) is 1. The molecule has 0 radical (unpaired) electrons. The molecule has 3 saturated heterocycles. The van der Waals surface area contributed by atoms with Crippen molar-refractivity contribution in [1.82, 2.24) is 15.2 Å². The van der Waals surface area contributed by atoms with Gasteiger partial charge < -0.3 is 99.1 Å². The minimum absolute atomic E-state index is 0.0830. The maximum Gasteiger partial charge on any atom is 0.251 e. The smallest absolute Gasteiger partial charge is 0.251 e. The standard InChI is InChI=1S/C54H74N4O19/c1-27-41(61)44(64)46(66)52(72-27)76-48-43(63)38(26-59)75-54(49(48)77-53-47(67)45(65)42(62)28(2)73-53)71-22-12-10-8-7-9-11-13-39(60)55-20-21-56-50(68)29-14-17-32(35(23-29)51(69)70)40-33-18-15-30(57(3)4)24-36(33)74-37-25-31(58(5)6)16-19-34(37)40/h14-19,23-25,27-28,38,41-49,52-54,59,61-67H,7-13,20-22,26H2,1-6H3,(H2-,55,56,60,68,69,70)/t27-,28+,38-,41+,42-,43+,44+,45-,46-,47+,48+,49-,52-,53+,54-/m1/s1. The van der Waals surface area contributed by atoms with Crippen molar-refractivity contribution in [1.29, 1.82) is 0 Å². The molecule has 0 spiro atoms. The van der Waals surface area contributed by atoms with Crippen LogP contribution in [0.5, 0.6) is 0 Å². The molecule has 23 heteroatoms. The van der Waals surface area contributed by atoms with E-state index in [1.165, 1.54) is 19.9 Å². The lowest BCUT2D eigenvalue weighted by Gasteiger charge is -2.48. The maximum absolute atomic E-state index is 13.3. The highest BCUT2D eigenvalue weighted by molar-refractivity contribution is 6.09. The number of aromatic carboxylic acids is 1. The number of hydrogen-bond acceptors (Lipinski definition) is 20. The molecule has 0 bridgehead atoms. The van der Waals surface area contributed by atoms with Gasteiger partial charge in [0, 0.05) is 85.7 Å². The molecule has 2 aromatic rings. The molecule has 7 rings (SSSR count). The van der Waals surface area contributed by atoms with E-state index < -0.39 is 111 Å². The fraction of sp³-hybridized carbons (Fsp3) is 0.593. The first-order valence-electron chi connectivity index (χ1n) is 26.1. The third kappa shape index (κ3) is 14.0. The number of carbonyl (C=O) groups is 3. The second-order valence-electron chi connectivity index (χ2n) is 20.3. The van der Waals surface area contributed by atoms with Gasteiger partial charge in [0.25, 0.3) is 5.91 Å². The third-order valence-corrected chi connectivity index (χ3v) is 14.3. The normalized spacial score (nSPS) is 29.6.